The standard InChI is InChI=1S/C16H21ClN2O6S/c1-3-18-16(22)11(2)19-14(20)10-25-15(21)8-9-26(23,24)13-6-4-12(17)5-7-13/h4-7,11H,3,8-10H2,1-2H3,(H,18,22)(H,19,20)/t11-/m1/s1. The lowest BCUT2D eigenvalue weighted by Gasteiger charge is -2.13. The fourth-order valence-corrected chi connectivity index (χ4v) is 3.22. The number of esters is 1. The molecule has 10 heteroatoms. The molecule has 0 heterocycles. The van der Waals surface area contributed by atoms with Crippen molar-refractivity contribution in [1.29, 1.82) is 0 Å². The van der Waals surface area contributed by atoms with Gasteiger partial charge in [0.15, 0.2) is 16.4 Å². The van der Waals surface area contributed by atoms with Crippen molar-refractivity contribution in [3.63, 3.8) is 0 Å². The summed E-state index contributed by atoms with van der Waals surface area (Å²) in [6, 6.07) is 4.80. The molecule has 1 atom stereocenters. The van der Waals surface area contributed by atoms with Crippen LogP contribution < -0.4 is 10.6 Å². The fourth-order valence-electron chi connectivity index (χ4n) is 1.87. The van der Waals surface area contributed by atoms with Crippen LogP contribution in [-0.4, -0.2) is 51.1 Å². The first-order chi connectivity index (χ1) is 12.2. The number of halogens is 1. The third-order valence-electron chi connectivity index (χ3n) is 3.23. The van der Waals surface area contributed by atoms with Gasteiger partial charge in [0, 0.05) is 11.6 Å². The Kier molecular flexibility index (Phi) is 8.53. The van der Waals surface area contributed by atoms with Crippen molar-refractivity contribution in [2.75, 3.05) is 18.9 Å². The van der Waals surface area contributed by atoms with E-state index in [1.165, 1.54) is 31.2 Å². The van der Waals surface area contributed by atoms with Crippen LogP contribution in [0.1, 0.15) is 20.3 Å². The van der Waals surface area contributed by atoms with Crippen molar-refractivity contribution >= 4 is 39.2 Å². The van der Waals surface area contributed by atoms with Gasteiger partial charge in [0.1, 0.15) is 6.04 Å². The molecule has 0 radical (unpaired) electrons. The first-order valence-corrected chi connectivity index (χ1v) is 9.89. The molecule has 1 aromatic carbocycles. The number of likely N-dealkylation sites (N-methyl/N-ethyl adjacent to an activating group) is 1. The van der Waals surface area contributed by atoms with Crippen LogP contribution in [0.2, 0.25) is 5.02 Å². The van der Waals surface area contributed by atoms with Crippen LogP contribution in [0, 0.1) is 0 Å². The third kappa shape index (κ3) is 7.40. The molecular formula is C16H21ClN2O6S. The molecule has 2 N–H and O–H groups in total. The van der Waals surface area contributed by atoms with Crippen LogP contribution in [0.15, 0.2) is 29.2 Å². The zero-order valence-corrected chi connectivity index (χ0v) is 16.0. The van der Waals surface area contributed by atoms with E-state index in [0.29, 0.717) is 11.6 Å². The van der Waals surface area contributed by atoms with Gasteiger partial charge in [-0.1, -0.05) is 11.6 Å². The lowest BCUT2D eigenvalue weighted by Crippen LogP contribution is -2.46. The summed E-state index contributed by atoms with van der Waals surface area (Å²) in [6.45, 7) is 3.06. The highest BCUT2D eigenvalue weighted by Gasteiger charge is 2.19. The SMILES string of the molecule is CCNC(=O)[C@@H](C)NC(=O)COC(=O)CCS(=O)(=O)c1ccc(Cl)cc1. The topological polar surface area (TPSA) is 119 Å². The fraction of sp³-hybridized carbons (Fsp3) is 0.438. The number of hydrogen-bond acceptors (Lipinski definition) is 6. The molecule has 0 unspecified atom stereocenters. The molecule has 0 spiro atoms. The van der Waals surface area contributed by atoms with Crippen molar-refractivity contribution in [3.05, 3.63) is 29.3 Å². The first-order valence-electron chi connectivity index (χ1n) is 7.86. The maximum Gasteiger partial charge on any atom is 0.307 e. The maximum absolute atomic E-state index is 12.1. The highest BCUT2D eigenvalue weighted by Crippen LogP contribution is 2.16. The van der Waals surface area contributed by atoms with Crippen LogP contribution in [-0.2, 0) is 29.0 Å². The average molecular weight is 405 g/mol. The number of rotatable bonds is 9. The van der Waals surface area contributed by atoms with E-state index in [-0.39, 0.29) is 10.8 Å². The molecule has 2 amide bonds. The molecule has 144 valence electrons. The summed E-state index contributed by atoms with van der Waals surface area (Å²) in [5.41, 5.74) is 0. The quantitative estimate of drug-likeness (QED) is 0.584. The normalized spacial score (nSPS) is 12.1. The van der Waals surface area contributed by atoms with Gasteiger partial charge in [-0.3, -0.25) is 14.4 Å². The van der Waals surface area contributed by atoms with Gasteiger partial charge in [0.05, 0.1) is 17.1 Å². The Bertz CT molecular complexity index is 749. The highest BCUT2D eigenvalue weighted by molar-refractivity contribution is 7.91. The van der Waals surface area contributed by atoms with Gasteiger partial charge in [-0.05, 0) is 38.1 Å². The van der Waals surface area contributed by atoms with E-state index in [2.05, 4.69) is 10.6 Å². The number of sulfone groups is 1. The Balaban J connectivity index is 2.41. The summed E-state index contributed by atoms with van der Waals surface area (Å²) >= 11 is 5.70. The van der Waals surface area contributed by atoms with Crippen LogP contribution in [0.25, 0.3) is 0 Å². The van der Waals surface area contributed by atoms with Gasteiger partial charge in [-0.25, -0.2) is 8.42 Å². The Morgan fingerprint density at radius 3 is 2.38 bits per heavy atom. The van der Waals surface area contributed by atoms with Gasteiger partial charge in [0.25, 0.3) is 5.91 Å². The van der Waals surface area contributed by atoms with Crippen molar-refractivity contribution in [1.82, 2.24) is 10.6 Å². The van der Waals surface area contributed by atoms with E-state index in [4.69, 9.17) is 16.3 Å². The second-order valence-electron chi connectivity index (χ2n) is 5.37. The van der Waals surface area contributed by atoms with E-state index in [9.17, 15) is 22.8 Å². The minimum absolute atomic E-state index is 0.0446. The van der Waals surface area contributed by atoms with Crippen molar-refractivity contribution < 1.29 is 27.5 Å². The van der Waals surface area contributed by atoms with Crippen molar-refractivity contribution in [2.45, 2.75) is 31.2 Å². The van der Waals surface area contributed by atoms with E-state index in [1.54, 1.807) is 6.92 Å². The van der Waals surface area contributed by atoms with Gasteiger partial charge in [-0.15, -0.1) is 0 Å². The van der Waals surface area contributed by atoms with Gasteiger partial charge in [-0.2, -0.15) is 0 Å². The summed E-state index contributed by atoms with van der Waals surface area (Å²) in [5.74, 6) is -2.30. The molecule has 26 heavy (non-hydrogen) atoms. The van der Waals surface area contributed by atoms with Gasteiger partial charge >= 0.3 is 5.97 Å². The second kappa shape index (κ2) is 10.1. The van der Waals surface area contributed by atoms with Crippen LogP contribution in [0.3, 0.4) is 0 Å². The average Bonchev–Trinajstić information content (AvgIpc) is 2.58. The van der Waals surface area contributed by atoms with Crippen molar-refractivity contribution in [3.8, 4) is 0 Å². The lowest BCUT2D eigenvalue weighted by molar-refractivity contribution is -0.148. The van der Waals surface area contributed by atoms with Crippen LogP contribution in [0.5, 0.6) is 0 Å². The molecule has 0 saturated heterocycles. The number of amides is 2. The van der Waals surface area contributed by atoms with Gasteiger partial charge < -0.3 is 15.4 Å². The lowest BCUT2D eigenvalue weighted by atomic mass is 10.3. The molecule has 1 rings (SSSR count). The van der Waals surface area contributed by atoms with E-state index >= 15 is 0 Å². The van der Waals surface area contributed by atoms with E-state index in [0.717, 1.165) is 0 Å². The molecule has 1 aromatic rings. The maximum atomic E-state index is 12.1. The highest BCUT2D eigenvalue weighted by atomic mass is 35.5. The molecule has 8 nitrogen and oxygen atoms in total. The molecule has 0 aliphatic heterocycles. The molecule has 0 fully saturated rings. The predicted molar refractivity (Wildman–Crippen MR) is 95.4 cm³/mol. The smallest absolute Gasteiger partial charge is 0.307 e. The third-order valence-corrected chi connectivity index (χ3v) is 5.22. The molecule has 0 saturated carbocycles. The molecular weight excluding hydrogens is 384 g/mol. The number of benzene rings is 1. The molecule has 0 aliphatic rings. The number of carbonyl (C=O) groups is 3. The zero-order valence-electron chi connectivity index (χ0n) is 14.5. The molecule has 0 bridgehead atoms. The van der Waals surface area contributed by atoms with Crippen LogP contribution in [0.4, 0.5) is 0 Å². The number of hydrogen-bond donors (Lipinski definition) is 2. The monoisotopic (exact) mass is 404 g/mol. The Morgan fingerprint density at radius 2 is 1.81 bits per heavy atom. The first kappa shape index (κ1) is 21.9. The molecule has 0 aliphatic carbocycles. The van der Waals surface area contributed by atoms with Gasteiger partial charge in [0.2, 0.25) is 5.91 Å². The number of carbonyl (C=O) groups excluding carboxylic acids is 3. The zero-order chi connectivity index (χ0) is 19.7. The van der Waals surface area contributed by atoms with Crippen LogP contribution >= 0.6 is 11.6 Å². The largest absolute Gasteiger partial charge is 0.456 e. The predicted octanol–water partition coefficient (Wildman–Crippen LogP) is 0.688. The Hall–Kier alpha value is -2.13. The second-order valence-corrected chi connectivity index (χ2v) is 7.91. The molecule has 0 aromatic heterocycles. The Labute approximate surface area is 157 Å². The summed E-state index contributed by atoms with van der Waals surface area (Å²) in [4.78, 5) is 34.8. The summed E-state index contributed by atoms with van der Waals surface area (Å²) in [6.07, 6.45) is -0.399. The summed E-state index contributed by atoms with van der Waals surface area (Å²) < 4.78 is 28.9. The minimum atomic E-state index is -3.66. The van der Waals surface area contributed by atoms with Crippen molar-refractivity contribution in [2.24, 2.45) is 0 Å². The number of nitrogens with one attached hydrogen (secondary N) is 2. The minimum Gasteiger partial charge on any atom is -0.456 e. The van der Waals surface area contributed by atoms with E-state index < -0.39 is 46.5 Å². The number of ether oxygens (including phenoxy) is 1. The summed E-state index contributed by atoms with van der Waals surface area (Å²) in [5, 5.41) is 5.30. The Morgan fingerprint density at radius 1 is 1.19 bits per heavy atom. The van der Waals surface area contributed by atoms with E-state index in [1.807, 2.05) is 0 Å². The summed E-state index contributed by atoms with van der Waals surface area (Å²) in [7, 11) is -3.66.